The molecule has 2 aromatic rings. The monoisotopic (exact) mass is 328 g/mol. The van der Waals surface area contributed by atoms with E-state index in [9.17, 15) is 4.79 Å². The summed E-state index contributed by atoms with van der Waals surface area (Å²) in [6.07, 6.45) is 5.18. The fourth-order valence-corrected chi connectivity index (χ4v) is 3.61. The zero-order chi connectivity index (χ0) is 16.4. The average molecular weight is 328 g/mol. The predicted octanol–water partition coefficient (Wildman–Crippen LogP) is 2.08. The molecule has 4 rings (SSSR count). The van der Waals surface area contributed by atoms with Crippen molar-refractivity contribution in [2.24, 2.45) is 0 Å². The number of carbonyl (C=O) groups excluding carboxylic acids is 1. The van der Waals surface area contributed by atoms with E-state index >= 15 is 0 Å². The highest BCUT2D eigenvalue weighted by Crippen LogP contribution is 2.24. The molecule has 1 aromatic carbocycles. The third-order valence-electron chi connectivity index (χ3n) is 4.82. The van der Waals surface area contributed by atoms with Crippen LogP contribution in [0.2, 0.25) is 0 Å². The Hall–Kier alpha value is -1.92. The zero-order valence-electron chi connectivity index (χ0n) is 13.9. The standard InChI is InChI=1S/C18H24N4O2/c23-18(11-14-12-24-9-7-19-14)20-13-5-6-16-15(10-13)21-17-4-2-1-3-8-22(16)17/h5-6,10,14,19H,1-4,7-9,11-12H2,(H,20,23). The molecule has 2 aliphatic rings. The third-order valence-corrected chi connectivity index (χ3v) is 4.82. The van der Waals surface area contributed by atoms with Crippen LogP contribution in [0.4, 0.5) is 5.69 Å². The summed E-state index contributed by atoms with van der Waals surface area (Å²) in [5, 5.41) is 6.29. The van der Waals surface area contributed by atoms with Crippen molar-refractivity contribution in [3.8, 4) is 0 Å². The number of hydrogen-bond donors (Lipinski definition) is 2. The molecule has 0 radical (unpaired) electrons. The Morgan fingerprint density at radius 1 is 1.38 bits per heavy atom. The van der Waals surface area contributed by atoms with Gasteiger partial charge in [0.15, 0.2) is 0 Å². The quantitative estimate of drug-likeness (QED) is 0.905. The molecule has 1 atom stereocenters. The number of anilines is 1. The number of ether oxygens (including phenoxy) is 1. The number of rotatable bonds is 3. The van der Waals surface area contributed by atoms with E-state index in [0.29, 0.717) is 13.0 Å². The highest BCUT2D eigenvalue weighted by atomic mass is 16.5. The summed E-state index contributed by atoms with van der Waals surface area (Å²) < 4.78 is 7.72. The van der Waals surface area contributed by atoms with E-state index in [4.69, 9.17) is 9.72 Å². The van der Waals surface area contributed by atoms with Crippen LogP contribution in [0.1, 0.15) is 31.5 Å². The van der Waals surface area contributed by atoms with Crippen LogP contribution in [0.3, 0.4) is 0 Å². The Morgan fingerprint density at radius 2 is 2.33 bits per heavy atom. The maximum Gasteiger partial charge on any atom is 0.226 e. The summed E-state index contributed by atoms with van der Waals surface area (Å²) >= 11 is 0. The minimum absolute atomic E-state index is 0.0122. The second-order valence-electron chi connectivity index (χ2n) is 6.67. The van der Waals surface area contributed by atoms with E-state index in [0.717, 1.165) is 37.3 Å². The Kier molecular flexibility index (Phi) is 4.49. The molecule has 1 aromatic heterocycles. The van der Waals surface area contributed by atoms with Gasteiger partial charge in [-0.2, -0.15) is 0 Å². The molecule has 128 valence electrons. The van der Waals surface area contributed by atoms with Crippen molar-refractivity contribution < 1.29 is 9.53 Å². The maximum atomic E-state index is 12.2. The van der Waals surface area contributed by atoms with Crippen LogP contribution in [-0.2, 0) is 22.5 Å². The second kappa shape index (κ2) is 6.91. The van der Waals surface area contributed by atoms with Crippen LogP contribution in [0, 0.1) is 0 Å². The fourth-order valence-electron chi connectivity index (χ4n) is 3.61. The summed E-state index contributed by atoms with van der Waals surface area (Å²) in [6, 6.07) is 6.14. The normalized spacial score (nSPS) is 21.2. The van der Waals surface area contributed by atoms with Gasteiger partial charge in [0.05, 0.1) is 24.2 Å². The number of nitrogens with one attached hydrogen (secondary N) is 2. The van der Waals surface area contributed by atoms with E-state index in [2.05, 4.69) is 21.3 Å². The van der Waals surface area contributed by atoms with Gasteiger partial charge in [-0.15, -0.1) is 0 Å². The molecule has 0 bridgehead atoms. The molecule has 1 amide bonds. The Morgan fingerprint density at radius 3 is 3.21 bits per heavy atom. The smallest absolute Gasteiger partial charge is 0.226 e. The SMILES string of the molecule is O=C(CC1COCCN1)Nc1ccc2c(c1)nc1n2CCCCC1. The number of nitrogens with zero attached hydrogens (tertiary/aromatic N) is 2. The Balaban J connectivity index is 1.47. The molecular weight excluding hydrogens is 304 g/mol. The molecule has 2 aliphatic heterocycles. The van der Waals surface area contributed by atoms with Gasteiger partial charge >= 0.3 is 0 Å². The summed E-state index contributed by atoms with van der Waals surface area (Å²) in [7, 11) is 0. The van der Waals surface area contributed by atoms with Crippen LogP contribution in [0.15, 0.2) is 18.2 Å². The number of morpholine rings is 1. The highest BCUT2D eigenvalue weighted by Gasteiger charge is 2.18. The molecule has 3 heterocycles. The molecule has 1 fully saturated rings. The predicted molar refractivity (Wildman–Crippen MR) is 93.1 cm³/mol. The zero-order valence-corrected chi connectivity index (χ0v) is 13.9. The molecule has 1 unspecified atom stereocenters. The fraction of sp³-hybridized carbons (Fsp3) is 0.556. The summed E-state index contributed by atoms with van der Waals surface area (Å²) in [5.74, 6) is 1.19. The van der Waals surface area contributed by atoms with Crippen molar-refractivity contribution in [1.82, 2.24) is 14.9 Å². The molecule has 6 nitrogen and oxygen atoms in total. The molecule has 0 aliphatic carbocycles. The lowest BCUT2D eigenvalue weighted by Crippen LogP contribution is -2.43. The molecule has 0 spiro atoms. The van der Waals surface area contributed by atoms with Crippen LogP contribution >= 0.6 is 0 Å². The van der Waals surface area contributed by atoms with Gasteiger partial charge in [0.2, 0.25) is 5.91 Å². The molecule has 6 heteroatoms. The van der Waals surface area contributed by atoms with Gasteiger partial charge in [-0.3, -0.25) is 4.79 Å². The summed E-state index contributed by atoms with van der Waals surface area (Å²) in [5.41, 5.74) is 2.97. The first-order chi connectivity index (χ1) is 11.8. The molecule has 24 heavy (non-hydrogen) atoms. The van der Waals surface area contributed by atoms with Crippen LogP contribution in [0.25, 0.3) is 11.0 Å². The largest absolute Gasteiger partial charge is 0.378 e. The lowest BCUT2D eigenvalue weighted by atomic mass is 10.2. The van der Waals surface area contributed by atoms with Gasteiger partial charge in [-0.1, -0.05) is 6.42 Å². The highest BCUT2D eigenvalue weighted by molar-refractivity contribution is 5.93. The van der Waals surface area contributed by atoms with Gasteiger partial charge in [-0.25, -0.2) is 4.98 Å². The third kappa shape index (κ3) is 3.30. The van der Waals surface area contributed by atoms with Crippen LogP contribution in [0.5, 0.6) is 0 Å². The van der Waals surface area contributed by atoms with Crippen LogP contribution in [-0.4, -0.2) is 41.3 Å². The molecule has 1 saturated heterocycles. The minimum Gasteiger partial charge on any atom is -0.378 e. The Labute approximate surface area is 141 Å². The van der Waals surface area contributed by atoms with Crippen molar-refractivity contribution in [3.63, 3.8) is 0 Å². The van der Waals surface area contributed by atoms with E-state index in [1.807, 2.05) is 12.1 Å². The number of imidazole rings is 1. The second-order valence-corrected chi connectivity index (χ2v) is 6.67. The van der Waals surface area contributed by atoms with E-state index in [-0.39, 0.29) is 11.9 Å². The van der Waals surface area contributed by atoms with Gasteiger partial charge in [0, 0.05) is 37.7 Å². The van der Waals surface area contributed by atoms with E-state index in [1.54, 1.807) is 0 Å². The molecule has 0 saturated carbocycles. The number of hydrogen-bond acceptors (Lipinski definition) is 4. The number of amides is 1. The lowest BCUT2D eigenvalue weighted by molar-refractivity contribution is -0.117. The number of benzene rings is 1. The first-order valence-electron chi connectivity index (χ1n) is 8.90. The first kappa shape index (κ1) is 15.6. The van der Waals surface area contributed by atoms with Crippen molar-refractivity contribution in [1.29, 1.82) is 0 Å². The molecule has 2 N–H and O–H groups in total. The van der Waals surface area contributed by atoms with Crippen LogP contribution < -0.4 is 10.6 Å². The van der Waals surface area contributed by atoms with Crippen molar-refractivity contribution >= 4 is 22.6 Å². The topological polar surface area (TPSA) is 68.2 Å². The van der Waals surface area contributed by atoms with Crippen molar-refractivity contribution in [2.75, 3.05) is 25.1 Å². The van der Waals surface area contributed by atoms with Gasteiger partial charge < -0.3 is 19.9 Å². The van der Waals surface area contributed by atoms with E-state index < -0.39 is 0 Å². The number of carbonyl (C=O) groups is 1. The summed E-state index contributed by atoms with van der Waals surface area (Å²) in [6.45, 7) is 3.18. The van der Waals surface area contributed by atoms with Crippen molar-refractivity contribution in [2.45, 2.75) is 44.7 Å². The Bertz CT molecular complexity index is 734. The maximum absolute atomic E-state index is 12.2. The molecular formula is C18H24N4O2. The lowest BCUT2D eigenvalue weighted by Gasteiger charge is -2.23. The minimum atomic E-state index is 0.0122. The van der Waals surface area contributed by atoms with E-state index in [1.165, 1.54) is 30.6 Å². The first-order valence-corrected chi connectivity index (χ1v) is 8.90. The van der Waals surface area contributed by atoms with Gasteiger partial charge in [0.25, 0.3) is 0 Å². The number of aryl methyl sites for hydroxylation is 2. The van der Waals surface area contributed by atoms with Gasteiger partial charge in [-0.05, 0) is 31.0 Å². The number of aromatic nitrogens is 2. The number of fused-ring (bicyclic) bond motifs is 3. The summed E-state index contributed by atoms with van der Waals surface area (Å²) in [4.78, 5) is 17.0. The van der Waals surface area contributed by atoms with Crippen molar-refractivity contribution in [3.05, 3.63) is 24.0 Å². The van der Waals surface area contributed by atoms with Gasteiger partial charge in [0.1, 0.15) is 5.82 Å². The average Bonchev–Trinajstić information content (AvgIpc) is 2.76.